The second-order valence-electron chi connectivity index (χ2n) is 5.75. The zero-order valence-corrected chi connectivity index (χ0v) is 13.9. The maximum Gasteiger partial charge on any atom is 0.122 e. The highest BCUT2D eigenvalue weighted by molar-refractivity contribution is 5.48. The lowest BCUT2D eigenvalue weighted by atomic mass is 10.1. The number of aryl methyl sites for hydroxylation is 2. The lowest BCUT2D eigenvalue weighted by Crippen LogP contribution is -2.26. The van der Waals surface area contributed by atoms with E-state index < -0.39 is 6.10 Å². The molecule has 0 aliphatic carbocycles. The van der Waals surface area contributed by atoms with Crippen molar-refractivity contribution >= 4 is 5.69 Å². The summed E-state index contributed by atoms with van der Waals surface area (Å²) >= 11 is 0. The Balaban J connectivity index is 1.84. The molecular weight excluding hydrogens is 286 g/mol. The fraction of sp³-hybridized carbons (Fsp3) is 0.300. The molecule has 2 aromatic rings. The minimum Gasteiger partial charge on any atom is -0.491 e. The van der Waals surface area contributed by atoms with Crippen LogP contribution in [-0.4, -0.2) is 24.4 Å². The molecule has 0 saturated carbocycles. The van der Waals surface area contributed by atoms with Crippen LogP contribution in [0.15, 0.2) is 55.1 Å². The summed E-state index contributed by atoms with van der Waals surface area (Å²) in [5.41, 5.74) is 4.59. The summed E-state index contributed by atoms with van der Waals surface area (Å²) in [6.45, 7) is 8.63. The smallest absolute Gasteiger partial charge is 0.122 e. The van der Waals surface area contributed by atoms with Gasteiger partial charge in [0.2, 0.25) is 0 Å². The van der Waals surface area contributed by atoms with E-state index in [0.29, 0.717) is 6.54 Å². The number of rotatable bonds is 8. The summed E-state index contributed by atoms with van der Waals surface area (Å²) in [5, 5.41) is 13.4. The summed E-state index contributed by atoms with van der Waals surface area (Å²) in [6, 6.07) is 14.0. The molecule has 0 heterocycles. The summed E-state index contributed by atoms with van der Waals surface area (Å²) in [4.78, 5) is 0. The molecule has 0 amide bonds. The molecule has 2 rings (SSSR count). The van der Waals surface area contributed by atoms with E-state index in [1.54, 1.807) is 0 Å². The number of nitrogens with one attached hydrogen (secondary N) is 1. The molecule has 122 valence electrons. The summed E-state index contributed by atoms with van der Waals surface area (Å²) in [5.74, 6) is 0.803. The summed E-state index contributed by atoms with van der Waals surface area (Å²) < 4.78 is 5.74. The molecule has 0 aliphatic heterocycles. The first-order chi connectivity index (χ1) is 11.1. The van der Waals surface area contributed by atoms with Gasteiger partial charge in [0, 0.05) is 12.2 Å². The Morgan fingerprint density at radius 1 is 1.17 bits per heavy atom. The molecule has 0 saturated heterocycles. The quantitative estimate of drug-likeness (QED) is 0.727. The van der Waals surface area contributed by atoms with Gasteiger partial charge in [0.05, 0.1) is 0 Å². The van der Waals surface area contributed by atoms with E-state index in [2.05, 4.69) is 37.9 Å². The molecule has 2 N–H and O–H groups in total. The van der Waals surface area contributed by atoms with Crippen molar-refractivity contribution in [3.8, 4) is 5.75 Å². The third kappa shape index (κ3) is 5.15. The van der Waals surface area contributed by atoms with Crippen LogP contribution in [-0.2, 0) is 6.42 Å². The van der Waals surface area contributed by atoms with Crippen LogP contribution in [0.5, 0.6) is 5.75 Å². The Bertz CT molecular complexity index is 652. The van der Waals surface area contributed by atoms with Gasteiger partial charge in [-0.05, 0) is 55.2 Å². The van der Waals surface area contributed by atoms with Crippen LogP contribution in [0.3, 0.4) is 0 Å². The monoisotopic (exact) mass is 311 g/mol. The van der Waals surface area contributed by atoms with Crippen molar-refractivity contribution in [3.05, 3.63) is 71.8 Å². The number of hydrogen-bond acceptors (Lipinski definition) is 3. The third-order valence-corrected chi connectivity index (χ3v) is 3.82. The van der Waals surface area contributed by atoms with Gasteiger partial charge < -0.3 is 15.2 Å². The number of benzene rings is 2. The molecule has 1 atom stereocenters. The molecule has 0 spiro atoms. The molecule has 3 nitrogen and oxygen atoms in total. The second-order valence-corrected chi connectivity index (χ2v) is 5.75. The number of ether oxygens (including phenoxy) is 1. The first kappa shape index (κ1) is 17.1. The van der Waals surface area contributed by atoms with Gasteiger partial charge in [0.15, 0.2) is 0 Å². The number of hydrogen-bond donors (Lipinski definition) is 2. The molecule has 2 aromatic carbocycles. The summed E-state index contributed by atoms with van der Waals surface area (Å²) in [7, 11) is 0. The number of anilines is 1. The van der Waals surface area contributed by atoms with Crippen molar-refractivity contribution < 1.29 is 9.84 Å². The highest BCUT2D eigenvalue weighted by atomic mass is 16.5. The molecule has 3 heteroatoms. The lowest BCUT2D eigenvalue weighted by molar-refractivity contribution is 0.117. The van der Waals surface area contributed by atoms with Crippen LogP contribution in [0.4, 0.5) is 5.69 Å². The highest BCUT2D eigenvalue weighted by Gasteiger charge is 2.08. The molecule has 0 bridgehead atoms. The van der Waals surface area contributed by atoms with Gasteiger partial charge in [-0.25, -0.2) is 0 Å². The average molecular weight is 311 g/mol. The van der Waals surface area contributed by atoms with Gasteiger partial charge >= 0.3 is 0 Å². The summed E-state index contributed by atoms with van der Waals surface area (Å²) in [6.07, 6.45) is 2.03. The van der Waals surface area contributed by atoms with Gasteiger partial charge in [0.1, 0.15) is 18.5 Å². The Hall–Kier alpha value is -2.26. The third-order valence-electron chi connectivity index (χ3n) is 3.82. The second kappa shape index (κ2) is 8.39. The minimum atomic E-state index is -0.576. The van der Waals surface area contributed by atoms with E-state index in [9.17, 15) is 5.11 Å². The largest absolute Gasteiger partial charge is 0.491 e. The first-order valence-corrected chi connectivity index (χ1v) is 7.91. The van der Waals surface area contributed by atoms with Crippen LogP contribution < -0.4 is 10.1 Å². The van der Waals surface area contributed by atoms with Crippen molar-refractivity contribution in [3.63, 3.8) is 0 Å². The van der Waals surface area contributed by atoms with Crippen molar-refractivity contribution in [2.75, 3.05) is 18.5 Å². The number of aliphatic hydroxyl groups is 1. The van der Waals surface area contributed by atoms with Crippen molar-refractivity contribution in [2.45, 2.75) is 26.4 Å². The van der Waals surface area contributed by atoms with E-state index in [1.165, 1.54) is 11.1 Å². The fourth-order valence-electron chi connectivity index (χ4n) is 2.30. The first-order valence-electron chi connectivity index (χ1n) is 7.91. The number of para-hydroxylation sites is 1. The molecule has 0 radical (unpaired) electrons. The standard InChI is InChI=1S/C20H25NO2/c1-4-7-17-8-5-6-9-20(17)23-14-19(22)13-21-18-11-10-15(2)16(3)12-18/h4-6,8-12,19,21-22H,1,7,13-14H2,2-3H3. The van der Waals surface area contributed by atoms with Gasteiger partial charge in [-0.1, -0.05) is 30.3 Å². The molecule has 1 unspecified atom stereocenters. The zero-order chi connectivity index (χ0) is 16.7. The van der Waals surface area contributed by atoms with Gasteiger partial charge in [0.25, 0.3) is 0 Å². The van der Waals surface area contributed by atoms with E-state index in [0.717, 1.165) is 23.4 Å². The maximum atomic E-state index is 10.1. The molecule has 0 aromatic heterocycles. The van der Waals surface area contributed by atoms with Gasteiger partial charge in [-0.15, -0.1) is 6.58 Å². The zero-order valence-electron chi connectivity index (χ0n) is 13.9. The van der Waals surface area contributed by atoms with Gasteiger partial charge in [-0.2, -0.15) is 0 Å². The van der Waals surface area contributed by atoms with Crippen LogP contribution in [0, 0.1) is 13.8 Å². The number of aliphatic hydroxyl groups excluding tert-OH is 1. The maximum absolute atomic E-state index is 10.1. The van der Waals surface area contributed by atoms with E-state index in [4.69, 9.17) is 4.74 Å². The lowest BCUT2D eigenvalue weighted by Gasteiger charge is -2.16. The van der Waals surface area contributed by atoms with Crippen LogP contribution in [0.1, 0.15) is 16.7 Å². The number of allylic oxidation sites excluding steroid dienone is 1. The highest BCUT2D eigenvalue weighted by Crippen LogP contribution is 2.19. The van der Waals surface area contributed by atoms with Crippen molar-refractivity contribution in [1.82, 2.24) is 0 Å². The molecule has 23 heavy (non-hydrogen) atoms. The normalized spacial score (nSPS) is 11.8. The Kier molecular flexibility index (Phi) is 6.24. The topological polar surface area (TPSA) is 41.5 Å². The Morgan fingerprint density at radius 3 is 2.70 bits per heavy atom. The van der Waals surface area contributed by atoms with Crippen molar-refractivity contribution in [1.29, 1.82) is 0 Å². The van der Waals surface area contributed by atoms with Crippen LogP contribution in [0.25, 0.3) is 0 Å². The molecule has 0 aliphatic rings. The Morgan fingerprint density at radius 2 is 1.96 bits per heavy atom. The van der Waals surface area contributed by atoms with Crippen LogP contribution in [0.2, 0.25) is 0 Å². The minimum absolute atomic E-state index is 0.256. The van der Waals surface area contributed by atoms with Gasteiger partial charge in [-0.3, -0.25) is 0 Å². The SMILES string of the molecule is C=CCc1ccccc1OCC(O)CNc1ccc(C)c(C)c1. The van der Waals surface area contributed by atoms with Crippen LogP contribution >= 0.6 is 0 Å². The van der Waals surface area contributed by atoms with E-state index in [1.807, 2.05) is 36.4 Å². The van der Waals surface area contributed by atoms with E-state index in [-0.39, 0.29) is 6.61 Å². The fourth-order valence-corrected chi connectivity index (χ4v) is 2.30. The Labute approximate surface area is 138 Å². The van der Waals surface area contributed by atoms with Crippen molar-refractivity contribution in [2.24, 2.45) is 0 Å². The predicted octanol–water partition coefficient (Wildman–Crippen LogP) is 3.88. The molecular formula is C20H25NO2. The predicted molar refractivity (Wildman–Crippen MR) is 96.3 cm³/mol. The molecule has 0 fully saturated rings. The van der Waals surface area contributed by atoms with E-state index >= 15 is 0 Å². The average Bonchev–Trinajstić information content (AvgIpc) is 2.55.